The molecule has 0 saturated heterocycles. The van der Waals surface area contributed by atoms with Crippen LogP contribution in [0.3, 0.4) is 0 Å². The van der Waals surface area contributed by atoms with Crippen LogP contribution in [0.25, 0.3) is 11.1 Å². The Kier molecular flexibility index (Phi) is 5.72. The van der Waals surface area contributed by atoms with Gasteiger partial charge in [0.05, 0.1) is 6.10 Å². The highest BCUT2D eigenvalue weighted by Gasteiger charge is 2.13. The number of aliphatic hydroxyl groups excluding tert-OH is 1. The number of amides is 1. The third-order valence-electron chi connectivity index (χ3n) is 4.76. The molecule has 1 N–H and O–H groups in total. The van der Waals surface area contributed by atoms with Crippen molar-refractivity contribution < 1.29 is 9.90 Å². The lowest BCUT2D eigenvalue weighted by Crippen LogP contribution is -2.30. The second kappa shape index (κ2) is 8.18. The standard InChI is InChI=1S/C22H25N3O2/c1-16(26)18-6-4-7-19(14-18)20-8-5-9-21(15-20)22(27)24(3)12-13-25-11-10-23-17(25)2/h4-11,14-16,26H,12-13H2,1-3H3. The lowest BCUT2D eigenvalue weighted by molar-refractivity contribution is 0.0790. The van der Waals surface area contributed by atoms with Crippen molar-refractivity contribution >= 4 is 5.91 Å². The molecular formula is C22H25N3O2. The Labute approximate surface area is 159 Å². The molecule has 0 saturated carbocycles. The Morgan fingerprint density at radius 2 is 1.89 bits per heavy atom. The molecule has 0 aliphatic carbocycles. The zero-order valence-electron chi connectivity index (χ0n) is 16.0. The van der Waals surface area contributed by atoms with Gasteiger partial charge in [0, 0.05) is 38.1 Å². The summed E-state index contributed by atoms with van der Waals surface area (Å²) >= 11 is 0. The van der Waals surface area contributed by atoms with Gasteiger partial charge in [-0.05, 0) is 48.7 Å². The maximum Gasteiger partial charge on any atom is 0.253 e. The van der Waals surface area contributed by atoms with Crippen molar-refractivity contribution in [3.63, 3.8) is 0 Å². The van der Waals surface area contributed by atoms with Crippen molar-refractivity contribution in [1.82, 2.24) is 14.5 Å². The minimum absolute atomic E-state index is 0.0127. The summed E-state index contributed by atoms with van der Waals surface area (Å²) in [6, 6.07) is 15.4. The van der Waals surface area contributed by atoms with Gasteiger partial charge < -0.3 is 14.6 Å². The predicted octanol–water partition coefficient (Wildman–Crippen LogP) is 3.68. The van der Waals surface area contributed by atoms with Crippen LogP contribution in [-0.2, 0) is 6.54 Å². The third kappa shape index (κ3) is 4.44. The van der Waals surface area contributed by atoms with E-state index in [1.165, 1.54) is 0 Å². The Morgan fingerprint density at radius 3 is 2.56 bits per heavy atom. The summed E-state index contributed by atoms with van der Waals surface area (Å²) in [6.07, 6.45) is 3.17. The smallest absolute Gasteiger partial charge is 0.253 e. The molecule has 0 radical (unpaired) electrons. The Morgan fingerprint density at radius 1 is 1.19 bits per heavy atom. The number of likely N-dealkylation sites (N-methyl/N-ethyl adjacent to an activating group) is 1. The van der Waals surface area contributed by atoms with Crippen molar-refractivity contribution in [2.24, 2.45) is 0 Å². The number of carbonyl (C=O) groups is 1. The SMILES string of the molecule is Cc1nccn1CCN(C)C(=O)c1cccc(-c2cccc(C(C)O)c2)c1. The molecule has 5 heteroatoms. The van der Waals surface area contributed by atoms with Gasteiger partial charge in [-0.3, -0.25) is 4.79 Å². The molecule has 2 aromatic carbocycles. The van der Waals surface area contributed by atoms with E-state index in [9.17, 15) is 9.90 Å². The Bertz CT molecular complexity index is 931. The molecule has 0 aliphatic rings. The van der Waals surface area contributed by atoms with Crippen LogP contribution in [-0.4, -0.2) is 39.1 Å². The van der Waals surface area contributed by atoms with E-state index < -0.39 is 6.10 Å². The summed E-state index contributed by atoms with van der Waals surface area (Å²) in [5.41, 5.74) is 3.46. The van der Waals surface area contributed by atoms with Crippen LogP contribution in [0.15, 0.2) is 60.9 Å². The summed E-state index contributed by atoms with van der Waals surface area (Å²) < 4.78 is 2.03. The summed E-state index contributed by atoms with van der Waals surface area (Å²) in [6.45, 7) is 5.02. The van der Waals surface area contributed by atoms with E-state index in [-0.39, 0.29) is 5.91 Å². The average molecular weight is 363 g/mol. The van der Waals surface area contributed by atoms with Gasteiger partial charge >= 0.3 is 0 Å². The molecule has 1 heterocycles. The molecule has 1 unspecified atom stereocenters. The lowest BCUT2D eigenvalue weighted by Gasteiger charge is -2.18. The second-order valence-electron chi connectivity index (χ2n) is 6.78. The summed E-state index contributed by atoms with van der Waals surface area (Å²) in [5.74, 6) is 0.928. The average Bonchev–Trinajstić information content (AvgIpc) is 3.10. The molecule has 0 aliphatic heterocycles. The first-order valence-electron chi connectivity index (χ1n) is 9.07. The molecule has 140 valence electrons. The molecule has 1 amide bonds. The van der Waals surface area contributed by atoms with Gasteiger partial charge in [0.25, 0.3) is 5.91 Å². The molecule has 0 spiro atoms. The minimum atomic E-state index is -0.521. The molecule has 1 aromatic heterocycles. The van der Waals surface area contributed by atoms with Crippen molar-refractivity contribution in [3.05, 3.63) is 77.9 Å². The number of nitrogens with zero attached hydrogens (tertiary/aromatic N) is 3. The van der Waals surface area contributed by atoms with Gasteiger partial charge in [-0.25, -0.2) is 4.98 Å². The highest BCUT2D eigenvalue weighted by Crippen LogP contribution is 2.24. The van der Waals surface area contributed by atoms with Gasteiger partial charge in [0.2, 0.25) is 0 Å². The highest BCUT2D eigenvalue weighted by molar-refractivity contribution is 5.95. The largest absolute Gasteiger partial charge is 0.389 e. The van der Waals surface area contributed by atoms with Crippen molar-refractivity contribution in [2.45, 2.75) is 26.5 Å². The van der Waals surface area contributed by atoms with Crippen LogP contribution in [0, 0.1) is 6.92 Å². The van der Waals surface area contributed by atoms with Crippen LogP contribution in [0.5, 0.6) is 0 Å². The van der Waals surface area contributed by atoms with Crippen LogP contribution in [0.2, 0.25) is 0 Å². The van der Waals surface area contributed by atoms with E-state index in [2.05, 4.69) is 4.98 Å². The van der Waals surface area contributed by atoms with Crippen molar-refractivity contribution in [1.29, 1.82) is 0 Å². The maximum atomic E-state index is 12.8. The fourth-order valence-electron chi connectivity index (χ4n) is 3.03. The van der Waals surface area contributed by atoms with E-state index in [1.807, 2.05) is 73.3 Å². The summed E-state index contributed by atoms with van der Waals surface area (Å²) in [7, 11) is 1.81. The number of rotatable bonds is 6. The van der Waals surface area contributed by atoms with Gasteiger partial charge in [-0.2, -0.15) is 0 Å². The van der Waals surface area contributed by atoms with E-state index >= 15 is 0 Å². The quantitative estimate of drug-likeness (QED) is 0.727. The van der Waals surface area contributed by atoms with Gasteiger partial charge in [0.1, 0.15) is 5.82 Å². The molecule has 5 nitrogen and oxygen atoms in total. The number of aromatic nitrogens is 2. The number of hydrogen-bond donors (Lipinski definition) is 1. The molecular weight excluding hydrogens is 338 g/mol. The van der Waals surface area contributed by atoms with Gasteiger partial charge in [-0.1, -0.05) is 30.3 Å². The Hall–Kier alpha value is -2.92. The monoisotopic (exact) mass is 363 g/mol. The van der Waals surface area contributed by atoms with Crippen molar-refractivity contribution in [2.75, 3.05) is 13.6 Å². The molecule has 3 aromatic rings. The first kappa shape index (κ1) is 18.9. The van der Waals surface area contributed by atoms with E-state index in [0.29, 0.717) is 18.7 Å². The fraction of sp³-hybridized carbons (Fsp3) is 0.273. The van der Waals surface area contributed by atoms with Crippen LogP contribution >= 0.6 is 0 Å². The maximum absolute atomic E-state index is 12.8. The molecule has 0 bridgehead atoms. The summed E-state index contributed by atoms with van der Waals surface area (Å²) in [5, 5.41) is 9.80. The topological polar surface area (TPSA) is 58.4 Å². The first-order valence-corrected chi connectivity index (χ1v) is 9.07. The Balaban J connectivity index is 1.75. The predicted molar refractivity (Wildman–Crippen MR) is 106 cm³/mol. The van der Waals surface area contributed by atoms with E-state index in [4.69, 9.17) is 0 Å². The zero-order valence-corrected chi connectivity index (χ0v) is 16.0. The van der Waals surface area contributed by atoms with Crippen LogP contribution in [0.4, 0.5) is 0 Å². The van der Waals surface area contributed by atoms with Crippen LogP contribution in [0.1, 0.15) is 34.8 Å². The number of carbonyl (C=O) groups excluding carboxylic acids is 1. The highest BCUT2D eigenvalue weighted by atomic mass is 16.3. The van der Waals surface area contributed by atoms with Crippen molar-refractivity contribution in [3.8, 4) is 11.1 Å². The molecule has 27 heavy (non-hydrogen) atoms. The molecule has 1 atom stereocenters. The van der Waals surface area contributed by atoms with Gasteiger partial charge in [0.15, 0.2) is 0 Å². The van der Waals surface area contributed by atoms with E-state index in [1.54, 1.807) is 18.0 Å². The lowest BCUT2D eigenvalue weighted by atomic mass is 9.99. The minimum Gasteiger partial charge on any atom is -0.389 e. The van der Waals surface area contributed by atoms with Gasteiger partial charge in [-0.15, -0.1) is 0 Å². The zero-order chi connectivity index (χ0) is 19.4. The number of aryl methyl sites for hydroxylation is 1. The fourth-order valence-corrected chi connectivity index (χ4v) is 3.03. The number of imidazole rings is 1. The number of hydrogen-bond acceptors (Lipinski definition) is 3. The second-order valence-corrected chi connectivity index (χ2v) is 6.78. The van der Waals surface area contributed by atoms with Crippen LogP contribution < -0.4 is 0 Å². The molecule has 0 fully saturated rings. The normalized spacial score (nSPS) is 12.0. The number of aliphatic hydroxyl groups is 1. The first-order chi connectivity index (χ1) is 13.0. The molecule has 3 rings (SSSR count). The van der Waals surface area contributed by atoms with E-state index in [0.717, 1.165) is 22.5 Å². The summed E-state index contributed by atoms with van der Waals surface area (Å²) in [4.78, 5) is 18.7. The third-order valence-corrected chi connectivity index (χ3v) is 4.76. The number of benzene rings is 2.